The van der Waals surface area contributed by atoms with Gasteiger partial charge in [0.1, 0.15) is 4.88 Å². The van der Waals surface area contributed by atoms with Gasteiger partial charge < -0.3 is 10.0 Å². The van der Waals surface area contributed by atoms with Crippen molar-refractivity contribution in [2.24, 2.45) is 5.41 Å². The van der Waals surface area contributed by atoms with Gasteiger partial charge in [0.15, 0.2) is 5.41 Å². The van der Waals surface area contributed by atoms with Crippen molar-refractivity contribution in [3.63, 3.8) is 0 Å². The van der Waals surface area contributed by atoms with Crippen molar-refractivity contribution < 1.29 is 27.9 Å². The molecule has 1 fully saturated rings. The lowest BCUT2D eigenvalue weighted by Crippen LogP contribution is -2.47. The highest BCUT2D eigenvalue weighted by Crippen LogP contribution is 2.46. The molecule has 1 N–H and O–H groups in total. The average molecular weight is 350 g/mol. The van der Waals surface area contributed by atoms with Crippen LogP contribution >= 0.6 is 11.3 Å². The number of aromatic nitrogens is 1. The van der Waals surface area contributed by atoms with Crippen LogP contribution in [0.2, 0.25) is 0 Å². The van der Waals surface area contributed by atoms with Gasteiger partial charge >= 0.3 is 12.1 Å². The average Bonchev–Trinajstić information content (AvgIpc) is 3.04. The van der Waals surface area contributed by atoms with E-state index in [1.807, 2.05) is 20.8 Å². The number of thiazole rings is 1. The van der Waals surface area contributed by atoms with Crippen molar-refractivity contribution in [2.75, 3.05) is 13.1 Å². The summed E-state index contributed by atoms with van der Waals surface area (Å²) in [6.45, 7) is 4.43. The van der Waals surface area contributed by atoms with Crippen molar-refractivity contribution in [1.29, 1.82) is 0 Å². The van der Waals surface area contributed by atoms with E-state index < -0.39 is 41.8 Å². The number of amides is 1. The quantitative estimate of drug-likeness (QED) is 0.890. The van der Waals surface area contributed by atoms with E-state index in [1.165, 1.54) is 5.51 Å². The number of carboxylic acids is 1. The molecule has 2 rings (SSSR count). The van der Waals surface area contributed by atoms with Gasteiger partial charge in [-0.3, -0.25) is 9.59 Å². The highest BCUT2D eigenvalue weighted by Gasteiger charge is 2.64. The van der Waals surface area contributed by atoms with E-state index >= 15 is 0 Å². The normalized spacial score (nSPS) is 22.4. The molecule has 1 unspecified atom stereocenters. The summed E-state index contributed by atoms with van der Waals surface area (Å²) >= 11 is 1.06. The number of likely N-dealkylation sites (tertiary alicyclic amines) is 1. The fourth-order valence-corrected chi connectivity index (χ4v) is 3.55. The van der Waals surface area contributed by atoms with Crippen LogP contribution in [0.15, 0.2) is 5.51 Å². The van der Waals surface area contributed by atoms with Gasteiger partial charge in [-0.1, -0.05) is 20.8 Å². The van der Waals surface area contributed by atoms with Crippen molar-refractivity contribution in [1.82, 2.24) is 9.88 Å². The van der Waals surface area contributed by atoms with Crippen LogP contribution in [0.5, 0.6) is 0 Å². The molecule has 1 saturated heterocycles. The van der Waals surface area contributed by atoms with E-state index in [0.717, 1.165) is 16.2 Å². The number of carboxylic acid groups (broad SMARTS) is 1. The summed E-state index contributed by atoms with van der Waals surface area (Å²) in [5, 5.41) is 9.05. The van der Waals surface area contributed by atoms with Gasteiger partial charge in [0.2, 0.25) is 0 Å². The minimum Gasteiger partial charge on any atom is -0.481 e. The zero-order valence-corrected chi connectivity index (χ0v) is 13.7. The lowest BCUT2D eigenvalue weighted by atomic mass is 9.86. The monoisotopic (exact) mass is 350 g/mol. The SMILES string of the molecule is CC(C)(C)c1ncsc1C(=O)N1CCC(C(=O)O)(C(F)(F)F)C1. The number of aliphatic carboxylic acids is 1. The third-order valence-electron chi connectivity index (χ3n) is 3.98. The summed E-state index contributed by atoms with van der Waals surface area (Å²) in [6.07, 6.45) is -5.55. The van der Waals surface area contributed by atoms with Gasteiger partial charge in [-0.2, -0.15) is 13.2 Å². The maximum Gasteiger partial charge on any atom is 0.406 e. The molecule has 1 atom stereocenters. The largest absolute Gasteiger partial charge is 0.481 e. The molecule has 0 bridgehead atoms. The Morgan fingerprint density at radius 2 is 1.96 bits per heavy atom. The molecule has 1 aromatic rings. The van der Waals surface area contributed by atoms with Crippen LogP contribution in [0.4, 0.5) is 13.2 Å². The number of hydrogen-bond acceptors (Lipinski definition) is 4. The molecule has 9 heteroatoms. The van der Waals surface area contributed by atoms with Crippen LogP contribution in [0.3, 0.4) is 0 Å². The van der Waals surface area contributed by atoms with Gasteiger partial charge in [0, 0.05) is 18.5 Å². The van der Waals surface area contributed by atoms with Crippen LogP contribution < -0.4 is 0 Å². The van der Waals surface area contributed by atoms with Crippen molar-refractivity contribution in [3.05, 3.63) is 16.1 Å². The van der Waals surface area contributed by atoms with Gasteiger partial charge in [0.05, 0.1) is 11.2 Å². The van der Waals surface area contributed by atoms with Crippen molar-refractivity contribution in [2.45, 2.75) is 38.8 Å². The third kappa shape index (κ3) is 2.93. The maximum atomic E-state index is 13.2. The summed E-state index contributed by atoms with van der Waals surface area (Å²) in [5.41, 5.74) is -1.35. The molecule has 0 aromatic carbocycles. The Bertz CT molecular complexity index is 636. The second kappa shape index (κ2) is 5.47. The molecular weight excluding hydrogens is 333 g/mol. The number of alkyl halides is 3. The number of carbonyl (C=O) groups excluding carboxylic acids is 1. The molecule has 0 aliphatic carbocycles. The molecule has 0 spiro atoms. The fraction of sp³-hybridized carbons (Fsp3) is 0.643. The van der Waals surface area contributed by atoms with E-state index in [9.17, 15) is 22.8 Å². The zero-order chi connectivity index (χ0) is 17.6. The molecule has 128 valence electrons. The highest BCUT2D eigenvalue weighted by molar-refractivity contribution is 7.11. The lowest BCUT2D eigenvalue weighted by molar-refractivity contribution is -0.227. The Labute approximate surface area is 135 Å². The molecule has 23 heavy (non-hydrogen) atoms. The van der Waals surface area contributed by atoms with Crippen LogP contribution in [0.1, 0.15) is 42.6 Å². The second-order valence-electron chi connectivity index (χ2n) is 6.64. The predicted molar refractivity (Wildman–Crippen MR) is 77.5 cm³/mol. The molecule has 1 aliphatic heterocycles. The Morgan fingerprint density at radius 1 is 1.35 bits per heavy atom. The lowest BCUT2D eigenvalue weighted by Gasteiger charge is -2.27. The molecule has 1 aromatic heterocycles. The smallest absolute Gasteiger partial charge is 0.406 e. The standard InChI is InChI=1S/C14H17F3N2O3S/c1-12(2,3)9-8(23-7-18-9)10(20)19-5-4-13(6-19,11(21)22)14(15,16)17/h7H,4-6H2,1-3H3,(H,21,22). The first-order valence-corrected chi connectivity index (χ1v) is 7.81. The number of halogens is 3. The second-order valence-corrected chi connectivity index (χ2v) is 7.50. The molecule has 5 nitrogen and oxygen atoms in total. The first-order valence-electron chi connectivity index (χ1n) is 6.93. The van der Waals surface area contributed by atoms with E-state index in [2.05, 4.69) is 4.98 Å². The van der Waals surface area contributed by atoms with E-state index in [4.69, 9.17) is 5.11 Å². The summed E-state index contributed by atoms with van der Waals surface area (Å²) in [5.74, 6) is -2.54. The Hall–Kier alpha value is -1.64. The maximum absolute atomic E-state index is 13.2. The topological polar surface area (TPSA) is 70.5 Å². The third-order valence-corrected chi connectivity index (χ3v) is 4.80. The molecular formula is C14H17F3N2O3S. The minimum absolute atomic E-state index is 0.244. The highest BCUT2D eigenvalue weighted by atomic mass is 32.1. The number of hydrogen-bond donors (Lipinski definition) is 1. The van der Waals surface area contributed by atoms with Crippen molar-refractivity contribution >= 4 is 23.2 Å². The Balaban J connectivity index is 2.31. The number of rotatable bonds is 2. The molecule has 1 aliphatic rings. The van der Waals surface area contributed by atoms with E-state index in [-0.39, 0.29) is 11.4 Å². The number of carbonyl (C=O) groups is 2. The van der Waals surface area contributed by atoms with Crippen LogP contribution in [0, 0.1) is 5.41 Å². The summed E-state index contributed by atoms with van der Waals surface area (Å²) in [4.78, 5) is 29.1. The molecule has 0 radical (unpaired) electrons. The summed E-state index contributed by atoms with van der Waals surface area (Å²) < 4.78 is 39.6. The number of nitrogens with zero attached hydrogens (tertiary/aromatic N) is 2. The van der Waals surface area contributed by atoms with Gasteiger partial charge in [0.25, 0.3) is 5.91 Å². The molecule has 1 amide bonds. The van der Waals surface area contributed by atoms with Gasteiger partial charge in [-0.05, 0) is 6.42 Å². The Morgan fingerprint density at radius 3 is 2.39 bits per heavy atom. The minimum atomic E-state index is -4.91. The summed E-state index contributed by atoms with van der Waals surface area (Å²) in [7, 11) is 0. The zero-order valence-electron chi connectivity index (χ0n) is 12.9. The predicted octanol–water partition coefficient (Wildman–Crippen LogP) is 2.92. The van der Waals surface area contributed by atoms with Crippen LogP contribution in [0.25, 0.3) is 0 Å². The van der Waals surface area contributed by atoms with Crippen LogP contribution in [-0.2, 0) is 10.2 Å². The molecule has 2 heterocycles. The summed E-state index contributed by atoms with van der Waals surface area (Å²) in [6, 6.07) is 0. The molecule has 0 saturated carbocycles. The van der Waals surface area contributed by atoms with Crippen molar-refractivity contribution in [3.8, 4) is 0 Å². The first kappa shape index (κ1) is 17.7. The van der Waals surface area contributed by atoms with Gasteiger partial charge in [-0.25, -0.2) is 4.98 Å². The fourth-order valence-electron chi connectivity index (χ4n) is 2.59. The van der Waals surface area contributed by atoms with Gasteiger partial charge in [-0.15, -0.1) is 11.3 Å². The van der Waals surface area contributed by atoms with E-state index in [0.29, 0.717) is 5.69 Å². The van der Waals surface area contributed by atoms with E-state index in [1.54, 1.807) is 0 Å². The first-order chi connectivity index (χ1) is 10.4. The van der Waals surface area contributed by atoms with Crippen LogP contribution in [-0.4, -0.2) is 46.1 Å². The Kier molecular flexibility index (Phi) is 4.21.